The van der Waals surface area contributed by atoms with Gasteiger partial charge < -0.3 is 4.74 Å². The number of hydrogen-bond acceptors (Lipinski definition) is 5. The van der Waals surface area contributed by atoms with Gasteiger partial charge in [-0.3, -0.25) is 14.4 Å². The molecule has 7 nitrogen and oxygen atoms in total. The van der Waals surface area contributed by atoms with E-state index in [9.17, 15) is 14.4 Å². The van der Waals surface area contributed by atoms with Gasteiger partial charge in [0.1, 0.15) is 5.75 Å². The number of nitrogens with zero attached hydrogens (tertiary/aromatic N) is 2. The number of fused-ring (bicyclic) bond motifs is 1. The van der Waals surface area contributed by atoms with Crippen molar-refractivity contribution in [1.82, 2.24) is 10.2 Å². The summed E-state index contributed by atoms with van der Waals surface area (Å²) in [7, 11) is 1.55. The molecule has 0 spiro atoms. The number of aryl methyl sites for hydroxylation is 2. The van der Waals surface area contributed by atoms with Crippen molar-refractivity contribution >= 4 is 17.5 Å². The number of hydrogen-bond donors (Lipinski definition) is 1. The molecule has 1 N–H and O–H groups in total. The number of aromatic nitrogens is 2. The Morgan fingerprint density at radius 1 is 1.12 bits per heavy atom. The molecule has 0 aliphatic carbocycles. The van der Waals surface area contributed by atoms with Crippen molar-refractivity contribution in [2.45, 2.75) is 52.4 Å². The van der Waals surface area contributed by atoms with Crippen molar-refractivity contribution in [3.63, 3.8) is 0 Å². The summed E-state index contributed by atoms with van der Waals surface area (Å²) in [6, 6.07) is 12.3. The molecule has 2 amide bonds. The summed E-state index contributed by atoms with van der Waals surface area (Å²) in [5, 5.41) is 6.83. The third-order valence-corrected chi connectivity index (χ3v) is 6.47. The molecule has 0 fully saturated rings. The predicted molar refractivity (Wildman–Crippen MR) is 131 cm³/mol. The summed E-state index contributed by atoms with van der Waals surface area (Å²) in [5.74, 6) is -0.0883. The maximum absolute atomic E-state index is 13.4. The van der Waals surface area contributed by atoms with Gasteiger partial charge in [-0.1, -0.05) is 25.5 Å². The fraction of sp³-hybridized carbons (Fsp3) is 0.333. The van der Waals surface area contributed by atoms with Gasteiger partial charge in [-0.25, -0.2) is 10.00 Å². The van der Waals surface area contributed by atoms with Crippen molar-refractivity contribution < 1.29 is 14.3 Å². The average Bonchev–Trinajstić information content (AvgIpc) is 3.02. The molecule has 0 bridgehead atoms. The standard InChI is InChI=1S/C27H29N3O4/c1-6-7-8-17-15-23(31)28-29-24(17)18-11-12-21-20(13-18)27(3,4)26(33)30(21)25(32)19-10-9-16(2)22(14-19)34-5/h9-15H,6-8H2,1-5H3,(H,28,31). The lowest BCUT2D eigenvalue weighted by Crippen LogP contribution is -2.40. The highest BCUT2D eigenvalue weighted by molar-refractivity contribution is 6.27. The van der Waals surface area contributed by atoms with Gasteiger partial charge in [-0.05, 0) is 74.6 Å². The minimum Gasteiger partial charge on any atom is -0.496 e. The number of unbranched alkanes of at least 4 members (excludes halogenated alkanes) is 1. The van der Waals surface area contributed by atoms with Crippen LogP contribution in [-0.4, -0.2) is 29.1 Å². The molecule has 0 unspecified atom stereocenters. The molecule has 3 aromatic rings. The first-order valence-corrected chi connectivity index (χ1v) is 11.5. The summed E-state index contributed by atoms with van der Waals surface area (Å²) >= 11 is 0. The van der Waals surface area contributed by atoms with Crippen LogP contribution in [0.5, 0.6) is 5.75 Å². The molecule has 0 atom stereocenters. The molecule has 7 heteroatoms. The largest absolute Gasteiger partial charge is 0.496 e. The first-order chi connectivity index (χ1) is 16.2. The number of rotatable bonds is 6. The van der Waals surface area contributed by atoms with Crippen LogP contribution < -0.4 is 15.2 Å². The minimum absolute atomic E-state index is 0.239. The molecular formula is C27H29N3O4. The lowest BCUT2D eigenvalue weighted by Gasteiger charge is -2.19. The van der Waals surface area contributed by atoms with Crippen molar-refractivity contribution in [3.05, 3.63) is 75.1 Å². The molecule has 0 radical (unpaired) electrons. The van der Waals surface area contributed by atoms with Gasteiger partial charge in [0.25, 0.3) is 11.5 Å². The van der Waals surface area contributed by atoms with E-state index in [1.165, 1.54) is 4.90 Å². The Labute approximate surface area is 198 Å². The van der Waals surface area contributed by atoms with E-state index >= 15 is 0 Å². The van der Waals surface area contributed by atoms with Gasteiger partial charge in [0.15, 0.2) is 0 Å². The van der Waals surface area contributed by atoms with E-state index < -0.39 is 11.3 Å². The zero-order valence-electron chi connectivity index (χ0n) is 20.2. The van der Waals surface area contributed by atoms with Gasteiger partial charge in [-0.15, -0.1) is 0 Å². The van der Waals surface area contributed by atoms with Crippen molar-refractivity contribution in [3.8, 4) is 17.0 Å². The number of nitrogens with one attached hydrogen (secondary N) is 1. The van der Waals surface area contributed by atoms with Crippen LogP contribution in [0.15, 0.2) is 47.3 Å². The van der Waals surface area contributed by atoms with E-state index in [0.717, 1.165) is 41.5 Å². The zero-order chi connectivity index (χ0) is 24.6. The fourth-order valence-corrected chi connectivity index (χ4v) is 4.42. The second-order valence-corrected chi connectivity index (χ2v) is 9.20. The lowest BCUT2D eigenvalue weighted by molar-refractivity contribution is -0.121. The number of benzene rings is 2. The van der Waals surface area contributed by atoms with Crippen LogP contribution in [0.4, 0.5) is 5.69 Å². The number of carbonyl (C=O) groups is 2. The number of ether oxygens (including phenoxy) is 1. The van der Waals surface area contributed by atoms with E-state index in [-0.39, 0.29) is 11.5 Å². The molecule has 0 saturated carbocycles. The number of H-pyrrole nitrogens is 1. The SMILES string of the molecule is CCCCc1cc(=O)[nH]nc1-c1ccc2c(c1)C(C)(C)C(=O)N2C(=O)c1ccc(C)c(OC)c1. The molecule has 1 aliphatic rings. The number of imide groups is 1. The Morgan fingerprint density at radius 2 is 1.88 bits per heavy atom. The summed E-state index contributed by atoms with van der Waals surface area (Å²) in [6.07, 6.45) is 2.68. The molecule has 34 heavy (non-hydrogen) atoms. The van der Waals surface area contributed by atoms with E-state index in [4.69, 9.17) is 4.74 Å². The third-order valence-electron chi connectivity index (χ3n) is 6.47. The van der Waals surface area contributed by atoms with E-state index in [1.54, 1.807) is 37.4 Å². The maximum atomic E-state index is 13.4. The second kappa shape index (κ2) is 8.89. The quantitative estimate of drug-likeness (QED) is 0.546. The molecule has 4 rings (SSSR count). The molecule has 0 saturated heterocycles. The predicted octanol–water partition coefficient (Wildman–Crippen LogP) is 4.56. The number of carbonyl (C=O) groups excluding carboxylic acids is 2. The van der Waals surface area contributed by atoms with Crippen LogP contribution in [0.25, 0.3) is 11.3 Å². The van der Waals surface area contributed by atoms with E-state index in [0.29, 0.717) is 22.7 Å². The Hall–Kier alpha value is -3.74. The van der Waals surface area contributed by atoms with Crippen LogP contribution in [0.1, 0.15) is 60.7 Å². The van der Waals surface area contributed by atoms with Crippen LogP contribution >= 0.6 is 0 Å². The highest BCUT2D eigenvalue weighted by atomic mass is 16.5. The molecule has 1 aliphatic heterocycles. The number of aromatic amines is 1. The smallest absolute Gasteiger partial charge is 0.265 e. The maximum Gasteiger partial charge on any atom is 0.265 e. The summed E-state index contributed by atoms with van der Waals surface area (Å²) in [5.41, 5.74) is 3.81. The van der Waals surface area contributed by atoms with Crippen molar-refractivity contribution in [1.29, 1.82) is 0 Å². The van der Waals surface area contributed by atoms with Gasteiger partial charge in [-0.2, -0.15) is 5.10 Å². The van der Waals surface area contributed by atoms with Crippen LogP contribution in [-0.2, 0) is 16.6 Å². The second-order valence-electron chi connectivity index (χ2n) is 9.20. The average molecular weight is 460 g/mol. The van der Waals surface area contributed by atoms with E-state index in [1.807, 2.05) is 32.9 Å². The van der Waals surface area contributed by atoms with Gasteiger partial charge in [0.2, 0.25) is 5.91 Å². The molecule has 2 aromatic carbocycles. The molecule has 176 valence electrons. The Balaban J connectivity index is 1.79. The highest BCUT2D eigenvalue weighted by Crippen LogP contribution is 2.44. The van der Waals surface area contributed by atoms with E-state index in [2.05, 4.69) is 17.1 Å². The highest BCUT2D eigenvalue weighted by Gasteiger charge is 2.47. The summed E-state index contributed by atoms with van der Waals surface area (Å²) in [6.45, 7) is 7.63. The van der Waals surface area contributed by atoms with Crippen LogP contribution in [0, 0.1) is 6.92 Å². The monoisotopic (exact) mass is 459 g/mol. The molecule has 2 heterocycles. The molecular weight excluding hydrogens is 430 g/mol. The fourth-order valence-electron chi connectivity index (χ4n) is 4.42. The van der Waals surface area contributed by atoms with Gasteiger partial charge in [0.05, 0.1) is 23.9 Å². The number of amides is 2. The van der Waals surface area contributed by atoms with Gasteiger partial charge in [0, 0.05) is 17.2 Å². The summed E-state index contributed by atoms with van der Waals surface area (Å²) < 4.78 is 5.36. The Kier molecular flexibility index (Phi) is 6.13. The first-order valence-electron chi connectivity index (χ1n) is 11.5. The minimum atomic E-state index is -0.901. The van der Waals surface area contributed by atoms with Crippen LogP contribution in [0.2, 0.25) is 0 Å². The van der Waals surface area contributed by atoms with Gasteiger partial charge >= 0.3 is 0 Å². The summed E-state index contributed by atoms with van der Waals surface area (Å²) in [4.78, 5) is 40.0. The van der Waals surface area contributed by atoms with Crippen molar-refractivity contribution in [2.75, 3.05) is 12.0 Å². The number of methoxy groups -OCH3 is 1. The molecule has 1 aromatic heterocycles. The Bertz CT molecular complexity index is 1340. The topological polar surface area (TPSA) is 92.4 Å². The Morgan fingerprint density at radius 3 is 2.59 bits per heavy atom. The number of anilines is 1. The third kappa shape index (κ3) is 3.91. The lowest BCUT2D eigenvalue weighted by atomic mass is 9.85. The normalized spacial score (nSPS) is 14.3. The first kappa shape index (κ1) is 23.4. The zero-order valence-corrected chi connectivity index (χ0v) is 20.2. The van der Waals surface area contributed by atoms with Crippen molar-refractivity contribution in [2.24, 2.45) is 0 Å². The van der Waals surface area contributed by atoms with Crippen LogP contribution in [0.3, 0.4) is 0 Å².